The van der Waals surface area contributed by atoms with Crippen molar-refractivity contribution in [3.8, 4) is 16.5 Å². The fourth-order valence-electron chi connectivity index (χ4n) is 2.20. The Labute approximate surface area is 110 Å². The van der Waals surface area contributed by atoms with Crippen LogP contribution in [0.25, 0.3) is 10.4 Å². The smallest absolute Gasteiger partial charge is 0.178 e. The monoisotopic (exact) mass is 255 g/mol. The fraction of sp³-hybridized carbons (Fsp3) is 0.267. The maximum absolute atomic E-state index is 8.87. The molecule has 2 nitrogen and oxygen atoms in total. The number of ether oxygens (including phenoxy) is 1. The summed E-state index contributed by atoms with van der Waals surface area (Å²) in [5.41, 5.74) is 3.20. The van der Waals surface area contributed by atoms with Gasteiger partial charge in [-0.25, -0.2) is 0 Å². The second kappa shape index (κ2) is 3.94. The molecule has 1 aliphatic rings. The van der Waals surface area contributed by atoms with Gasteiger partial charge in [-0.1, -0.05) is 24.3 Å². The molecule has 0 amide bonds. The van der Waals surface area contributed by atoms with Gasteiger partial charge in [0, 0.05) is 4.88 Å². The maximum Gasteiger partial charge on any atom is 0.178 e. The lowest BCUT2D eigenvalue weighted by Gasteiger charge is -2.07. The van der Waals surface area contributed by atoms with Crippen LogP contribution in [0.4, 0.5) is 0 Å². The molecule has 1 aliphatic heterocycles. The van der Waals surface area contributed by atoms with E-state index in [9.17, 15) is 0 Å². The summed E-state index contributed by atoms with van der Waals surface area (Å²) in [6.45, 7) is 4.09. The van der Waals surface area contributed by atoms with Gasteiger partial charge in [-0.3, -0.25) is 0 Å². The van der Waals surface area contributed by atoms with Gasteiger partial charge in [0.2, 0.25) is 0 Å². The number of benzene rings is 1. The summed E-state index contributed by atoms with van der Waals surface area (Å²) in [5.74, 6) is 0. The van der Waals surface area contributed by atoms with Crippen molar-refractivity contribution in [1.82, 2.24) is 0 Å². The molecule has 3 heteroatoms. The van der Waals surface area contributed by atoms with E-state index in [1.54, 1.807) is 11.3 Å². The molecule has 2 unspecified atom stereocenters. The first-order chi connectivity index (χ1) is 8.65. The molecule has 2 aromatic rings. The van der Waals surface area contributed by atoms with Crippen LogP contribution in [0.3, 0.4) is 0 Å². The van der Waals surface area contributed by atoms with E-state index >= 15 is 0 Å². The summed E-state index contributed by atoms with van der Waals surface area (Å²) in [4.78, 5) is 1.31. The van der Waals surface area contributed by atoms with E-state index in [4.69, 9.17) is 10.00 Å². The lowest BCUT2D eigenvalue weighted by molar-refractivity contribution is 0.321. The Kier molecular flexibility index (Phi) is 2.51. The predicted octanol–water partition coefficient (Wildman–Crippen LogP) is 3.86. The Morgan fingerprint density at radius 3 is 2.50 bits per heavy atom. The van der Waals surface area contributed by atoms with Crippen LogP contribution >= 0.6 is 11.3 Å². The standard InChI is InChI=1S/C15H13NOS/c1-10-7-8-18-14(10)11-3-5-12(6-4-11)15(2)13(9-16)17-15/h3-8,13H,1-2H3. The molecule has 2 atom stereocenters. The third kappa shape index (κ3) is 1.66. The molecule has 1 aromatic carbocycles. The zero-order valence-electron chi connectivity index (χ0n) is 10.3. The van der Waals surface area contributed by atoms with E-state index in [1.807, 2.05) is 6.92 Å². The second-order valence-corrected chi connectivity index (χ2v) is 5.66. The minimum absolute atomic E-state index is 0.299. The highest BCUT2D eigenvalue weighted by atomic mass is 32.1. The van der Waals surface area contributed by atoms with E-state index < -0.39 is 5.60 Å². The number of hydrogen-bond donors (Lipinski definition) is 0. The highest BCUT2D eigenvalue weighted by Gasteiger charge is 2.54. The molecule has 0 radical (unpaired) electrons. The van der Waals surface area contributed by atoms with Gasteiger partial charge in [-0.15, -0.1) is 11.3 Å². The van der Waals surface area contributed by atoms with E-state index in [0.29, 0.717) is 0 Å². The molecule has 1 saturated heterocycles. The molecule has 1 fully saturated rings. The molecule has 3 rings (SSSR count). The van der Waals surface area contributed by atoms with Crippen LogP contribution < -0.4 is 0 Å². The number of nitriles is 1. The topological polar surface area (TPSA) is 36.3 Å². The molecule has 1 aromatic heterocycles. The number of rotatable bonds is 2. The summed E-state index contributed by atoms with van der Waals surface area (Å²) < 4.78 is 5.44. The van der Waals surface area contributed by atoms with Crippen molar-refractivity contribution in [2.75, 3.05) is 0 Å². The van der Waals surface area contributed by atoms with Crippen molar-refractivity contribution in [1.29, 1.82) is 5.26 Å². The molecular weight excluding hydrogens is 242 g/mol. The van der Waals surface area contributed by atoms with Crippen molar-refractivity contribution in [2.24, 2.45) is 0 Å². The Hall–Kier alpha value is -1.63. The first-order valence-corrected chi connectivity index (χ1v) is 6.75. The van der Waals surface area contributed by atoms with Gasteiger partial charge in [-0.2, -0.15) is 5.26 Å². The predicted molar refractivity (Wildman–Crippen MR) is 72.3 cm³/mol. The zero-order chi connectivity index (χ0) is 12.8. The van der Waals surface area contributed by atoms with Crippen molar-refractivity contribution < 1.29 is 4.74 Å². The van der Waals surface area contributed by atoms with Crippen LogP contribution in [0, 0.1) is 18.3 Å². The number of thiophene rings is 1. The largest absolute Gasteiger partial charge is 0.345 e. The Bertz CT molecular complexity index is 623. The average molecular weight is 255 g/mol. The lowest BCUT2D eigenvalue weighted by Crippen LogP contribution is -2.05. The third-order valence-electron chi connectivity index (χ3n) is 3.51. The molecule has 0 bridgehead atoms. The number of epoxide rings is 1. The SMILES string of the molecule is Cc1ccsc1-c1ccc(C2(C)OC2C#N)cc1. The van der Waals surface area contributed by atoms with E-state index in [2.05, 4.69) is 48.7 Å². The van der Waals surface area contributed by atoms with Crippen LogP contribution in [-0.2, 0) is 10.3 Å². The number of aryl methyl sites for hydroxylation is 1. The van der Waals surface area contributed by atoms with E-state index in [0.717, 1.165) is 5.56 Å². The van der Waals surface area contributed by atoms with Crippen molar-refractivity contribution in [3.63, 3.8) is 0 Å². The molecule has 0 aliphatic carbocycles. The normalized spacial score (nSPS) is 25.7. The van der Waals surface area contributed by atoms with Gasteiger partial charge < -0.3 is 4.74 Å². The summed E-state index contributed by atoms with van der Waals surface area (Å²) in [6.07, 6.45) is -0.299. The van der Waals surface area contributed by atoms with Crippen LogP contribution in [0.2, 0.25) is 0 Å². The minimum Gasteiger partial charge on any atom is -0.345 e. The van der Waals surface area contributed by atoms with Crippen molar-refractivity contribution in [2.45, 2.75) is 25.6 Å². The van der Waals surface area contributed by atoms with E-state index in [-0.39, 0.29) is 6.10 Å². The average Bonchev–Trinajstić information content (AvgIpc) is 2.88. The summed E-state index contributed by atoms with van der Waals surface area (Å²) in [6, 6.07) is 12.6. The second-order valence-electron chi connectivity index (χ2n) is 4.74. The number of nitrogens with zero attached hydrogens (tertiary/aromatic N) is 1. The minimum atomic E-state index is -0.405. The fourth-order valence-corrected chi connectivity index (χ4v) is 3.14. The summed E-state index contributed by atoms with van der Waals surface area (Å²) in [7, 11) is 0. The first-order valence-electron chi connectivity index (χ1n) is 5.87. The lowest BCUT2D eigenvalue weighted by atomic mass is 9.96. The third-order valence-corrected chi connectivity index (χ3v) is 4.57. The summed E-state index contributed by atoms with van der Waals surface area (Å²) >= 11 is 1.75. The Morgan fingerprint density at radius 1 is 1.28 bits per heavy atom. The quantitative estimate of drug-likeness (QED) is 0.764. The van der Waals surface area contributed by atoms with Gasteiger partial charge in [0.15, 0.2) is 6.10 Å². The Balaban J connectivity index is 1.92. The molecule has 18 heavy (non-hydrogen) atoms. The van der Waals surface area contributed by atoms with E-state index in [1.165, 1.54) is 16.0 Å². The molecular formula is C15H13NOS. The van der Waals surface area contributed by atoms with Crippen LogP contribution in [0.5, 0.6) is 0 Å². The molecule has 0 spiro atoms. The maximum atomic E-state index is 8.87. The molecule has 0 N–H and O–H groups in total. The van der Waals surface area contributed by atoms with Gasteiger partial charge >= 0.3 is 0 Å². The highest BCUT2D eigenvalue weighted by molar-refractivity contribution is 7.13. The molecule has 90 valence electrons. The van der Waals surface area contributed by atoms with Crippen LogP contribution in [0.1, 0.15) is 18.1 Å². The molecule has 0 saturated carbocycles. The summed E-state index contributed by atoms with van der Waals surface area (Å²) in [5, 5.41) is 11.0. The highest BCUT2D eigenvalue weighted by Crippen LogP contribution is 2.45. The zero-order valence-corrected chi connectivity index (χ0v) is 11.1. The van der Waals surface area contributed by atoms with Gasteiger partial charge in [0.05, 0.1) is 6.07 Å². The van der Waals surface area contributed by atoms with Crippen molar-refractivity contribution >= 4 is 11.3 Å². The van der Waals surface area contributed by atoms with Crippen LogP contribution in [-0.4, -0.2) is 6.10 Å². The Morgan fingerprint density at radius 2 is 2.00 bits per heavy atom. The van der Waals surface area contributed by atoms with Gasteiger partial charge in [0.1, 0.15) is 5.60 Å². The van der Waals surface area contributed by atoms with Gasteiger partial charge in [0.25, 0.3) is 0 Å². The van der Waals surface area contributed by atoms with Gasteiger partial charge in [-0.05, 0) is 42.0 Å². The molecule has 2 heterocycles. The van der Waals surface area contributed by atoms with Crippen molar-refractivity contribution in [3.05, 3.63) is 46.8 Å². The van der Waals surface area contributed by atoms with Crippen LogP contribution in [0.15, 0.2) is 35.7 Å². The first kappa shape index (κ1) is 11.5. The number of hydrogen-bond acceptors (Lipinski definition) is 3.